The van der Waals surface area contributed by atoms with Gasteiger partial charge in [0.2, 0.25) is 0 Å². The lowest BCUT2D eigenvalue weighted by Gasteiger charge is -2.35. The molecule has 1 aliphatic rings. The number of piperidine rings is 1. The van der Waals surface area contributed by atoms with Crippen LogP contribution in [0.5, 0.6) is 5.75 Å². The summed E-state index contributed by atoms with van der Waals surface area (Å²) in [6, 6.07) is 5.47. The van der Waals surface area contributed by atoms with Gasteiger partial charge >= 0.3 is 0 Å². The number of benzene rings is 1. The number of amides is 1. The molecule has 2 aromatic rings. The van der Waals surface area contributed by atoms with Crippen LogP contribution in [0.2, 0.25) is 0 Å². The van der Waals surface area contributed by atoms with Gasteiger partial charge < -0.3 is 10.1 Å². The number of hydrogen-bond donors (Lipinski definition) is 1. The van der Waals surface area contributed by atoms with Gasteiger partial charge in [-0.25, -0.2) is 4.39 Å². The van der Waals surface area contributed by atoms with E-state index in [9.17, 15) is 9.18 Å². The minimum atomic E-state index is -0.358. The summed E-state index contributed by atoms with van der Waals surface area (Å²) in [5.41, 5.74) is 0. The van der Waals surface area contributed by atoms with E-state index in [2.05, 4.69) is 17.1 Å². The summed E-state index contributed by atoms with van der Waals surface area (Å²) in [6.45, 7) is 4.77. The molecule has 1 atom stereocenters. The molecule has 0 spiro atoms. The maximum absolute atomic E-state index is 14.1. The second-order valence-corrected chi connectivity index (χ2v) is 7.48. The standard InChI is InChI=1S/C19H25FN2O2S/c1-3-13-7-4-5-11-22(13)12-10-21-19(23)18-17(24-2)16-14(20)8-6-9-15(16)25-18/h6,8-9,13H,3-5,7,10-12H2,1-2H3,(H,21,23). The van der Waals surface area contributed by atoms with E-state index in [0.29, 0.717) is 28.6 Å². The van der Waals surface area contributed by atoms with E-state index in [1.807, 2.05) is 6.07 Å². The predicted octanol–water partition coefficient (Wildman–Crippen LogP) is 4.04. The average molecular weight is 364 g/mol. The van der Waals surface area contributed by atoms with Crippen LogP contribution in [0, 0.1) is 5.82 Å². The van der Waals surface area contributed by atoms with E-state index in [-0.39, 0.29) is 11.7 Å². The second kappa shape index (κ2) is 8.15. The fourth-order valence-electron chi connectivity index (χ4n) is 3.63. The molecule has 1 N–H and O–H groups in total. The number of rotatable bonds is 6. The van der Waals surface area contributed by atoms with Gasteiger partial charge in [-0.2, -0.15) is 0 Å². The van der Waals surface area contributed by atoms with Crippen LogP contribution in [-0.2, 0) is 0 Å². The molecule has 1 saturated heterocycles. The monoisotopic (exact) mass is 364 g/mol. The van der Waals surface area contributed by atoms with Crippen molar-refractivity contribution in [3.8, 4) is 5.75 Å². The molecule has 1 aromatic carbocycles. The maximum Gasteiger partial charge on any atom is 0.265 e. The Morgan fingerprint density at radius 2 is 2.28 bits per heavy atom. The predicted molar refractivity (Wildman–Crippen MR) is 100 cm³/mol. The molecule has 0 saturated carbocycles. The summed E-state index contributed by atoms with van der Waals surface area (Å²) in [5.74, 6) is -0.216. The first-order chi connectivity index (χ1) is 12.2. The first-order valence-corrected chi connectivity index (χ1v) is 9.74. The quantitative estimate of drug-likeness (QED) is 0.841. The zero-order chi connectivity index (χ0) is 17.8. The normalized spacial score (nSPS) is 18.4. The van der Waals surface area contributed by atoms with Gasteiger partial charge in [0.05, 0.1) is 12.5 Å². The van der Waals surface area contributed by atoms with Crippen LogP contribution in [0.15, 0.2) is 18.2 Å². The highest BCUT2D eigenvalue weighted by molar-refractivity contribution is 7.21. The first-order valence-electron chi connectivity index (χ1n) is 8.93. The van der Waals surface area contributed by atoms with Gasteiger partial charge in [-0.05, 0) is 37.9 Å². The summed E-state index contributed by atoms with van der Waals surface area (Å²) in [6.07, 6.45) is 4.92. The largest absolute Gasteiger partial charge is 0.494 e. The number of fused-ring (bicyclic) bond motifs is 1. The number of halogens is 1. The van der Waals surface area contributed by atoms with E-state index < -0.39 is 0 Å². The number of methoxy groups -OCH3 is 1. The van der Waals surface area contributed by atoms with Crippen molar-refractivity contribution < 1.29 is 13.9 Å². The molecule has 1 aliphatic heterocycles. The molecular weight excluding hydrogens is 339 g/mol. The Morgan fingerprint density at radius 3 is 3.04 bits per heavy atom. The van der Waals surface area contributed by atoms with Crippen molar-refractivity contribution in [3.05, 3.63) is 28.9 Å². The second-order valence-electron chi connectivity index (χ2n) is 6.43. The SMILES string of the molecule is CCC1CCCCN1CCNC(=O)c1sc2cccc(F)c2c1OC. The zero-order valence-electron chi connectivity index (χ0n) is 14.8. The molecule has 4 nitrogen and oxygen atoms in total. The smallest absolute Gasteiger partial charge is 0.265 e. The molecule has 0 bridgehead atoms. The lowest BCUT2D eigenvalue weighted by molar-refractivity contribution is 0.0935. The van der Waals surface area contributed by atoms with Crippen molar-refractivity contribution in [2.45, 2.75) is 38.6 Å². The Morgan fingerprint density at radius 1 is 1.44 bits per heavy atom. The van der Waals surface area contributed by atoms with Crippen LogP contribution in [0.3, 0.4) is 0 Å². The fourth-order valence-corrected chi connectivity index (χ4v) is 4.74. The summed E-state index contributed by atoms with van der Waals surface area (Å²) < 4.78 is 20.1. The Labute approximate surface area is 152 Å². The third-order valence-corrected chi connectivity index (χ3v) is 6.07. The lowest BCUT2D eigenvalue weighted by atomic mass is 10.0. The number of thiophene rings is 1. The third-order valence-electron chi connectivity index (χ3n) is 4.94. The van der Waals surface area contributed by atoms with Crippen molar-refractivity contribution in [2.75, 3.05) is 26.7 Å². The molecule has 1 amide bonds. The summed E-state index contributed by atoms with van der Waals surface area (Å²) in [5, 5.41) is 3.36. The van der Waals surface area contributed by atoms with Crippen LogP contribution < -0.4 is 10.1 Å². The van der Waals surface area contributed by atoms with Crippen molar-refractivity contribution in [2.24, 2.45) is 0 Å². The summed E-state index contributed by atoms with van der Waals surface area (Å²) in [7, 11) is 1.48. The van der Waals surface area contributed by atoms with E-state index in [1.54, 1.807) is 6.07 Å². The highest BCUT2D eigenvalue weighted by Gasteiger charge is 2.23. The number of likely N-dealkylation sites (tertiary alicyclic amines) is 1. The Balaban J connectivity index is 1.67. The van der Waals surface area contributed by atoms with Gasteiger partial charge in [0.15, 0.2) is 5.75 Å². The summed E-state index contributed by atoms with van der Waals surface area (Å²) >= 11 is 1.27. The Kier molecular flexibility index (Phi) is 5.91. The van der Waals surface area contributed by atoms with Crippen molar-refractivity contribution in [1.29, 1.82) is 0 Å². The van der Waals surface area contributed by atoms with Gasteiger partial charge in [0.25, 0.3) is 5.91 Å². The number of nitrogens with one attached hydrogen (secondary N) is 1. The number of carbonyl (C=O) groups is 1. The minimum Gasteiger partial charge on any atom is -0.494 e. The third kappa shape index (κ3) is 3.80. The Bertz CT molecular complexity index is 746. The van der Waals surface area contributed by atoms with Crippen molar-refractivity contribution in [3.63, 3.8) is 0 Å². The van der Waals surface area contributed by atoms with Crippen LogP contribution >= 0.6 is 11.3 Å². The number of carbonyl (C=O) groups excluding carboxylic acids is 1. The molecule has 25 heavy (non-hydrogen) atoms. The minimum absolute atomic E-state index is 0.192. The van der Waals surface area contributed by atoms with Crippen LogP contribution in [0.1, 0.15) is 42.3 Å². The van der Waals surface area contributed by atoms with Gasteiger partial charge in [-0.1, -0.05) is 19.4 Å². The molecule has 2 heterocycles. The molecule has 1 fully saturated rings. The molecule has 0 radical (unpaired) electrons. The lowest BCUT2D eigenvalue weighted by Crippen LogP contribution is -2.43. The number of nitrogens with zero attached hydrogens (tertiary/aromatic N) is 1. The Hall–Kier alpha value is -1.66. The highest BCUT2D eigenvalue weighted by atomic mass is 32.1. The molecule has 1 aromatic heterocycles. The van der Waals surface area contributed by atoms with E-state index in [0.717, 1.165) is 24.2 Å². The summed E-state index contributed by atoms with van der Waals surface area (Å²) in [4.78, 5) is 15.5. The van der Waals surface area contributed by atoms with E-state index in [1.165, 1.54) is 43.8 Å². The molecule has 1 unspecified atom stereocenters. The van der Waals surface area contributed by atoms with Crippen LogP contribution in [0.25, 0.3) is 10.1 Å². The fraction of sp³-hybridized carbons (Fsp3) is 0.526. The first kappa shape index (κ1) is 18.1. The van der Waals surface area contributed by atoms with Crippen molar-refractivity contribution >= 4 is 27.3 Å². The zero-order valence-corrected chi connectivity index (χ0v) is 15.6. The number of hydrogen-bond acceptors (Lipinski definition) is 4. The van der Waals surface area contributed by atoms with Gasteiger partial charge in [-0.15, -0.1) is 11.3 Å². The highest BCUT2D eigenvalue weighted by Crippen LogP contribution is 2.39. The molecule has 3 rings (SSSR count). The van der Waals surface area contributed by atoms with Gasteiger partial charge in [0.1, 0.15) is 10.7 Å². The van der Waals surface area contributed by atoms with E-state index >= 15 is 0 Å². The number of ether oxygens (including phenoxy) is 1. The van der Waals surface area contributed by atoms with Crippen LogP contribution in [0.4, 0.5) is 4.39 Å². The molecule has 0 aliphatic carbocycles. The van der Waals surface area contributed by atoms with Gasteiger partial charge in [0, 0.05) is 23.8 Å². The molecule has 6 heteroatoms. The maximum atomic E-state index is 14.1. The molecule has 136 valence electrons. The van der Waals surface area contributed by atoms with Crippen molar-refractivity contribution in [1.82, 2.24) is 10.2 Å². The topological polar surface area (TPSA) is 41.6 Å². The van der Waals surface area contributed by atoms with E-state index in [4.69, 9.17) is 4.74 Å². The average Bonchev–Trinajstić information content (AvgIpc) is 3.02. The molecular formula is C19H25FN2O2S. The van der Waals surface area contributed by atoms with Crippen LogP contribution in [-0.4, -0.2) is 43.6 Å². The van der Waals surface area contributed by atoms with Gasteiger partial charge in [-0.3, -0.25) is 9.69 Å².